The highest BCUT2D eigenvalue weighted by molar-refractivity contribution is 8.00. The number of benzene rings is 1. The number of thioether (sulfide) groups is 1. The normalized spacial score (nSPS) is 11.9. The van der Waals surface area contributed by atoms with Crippen LogP contribution in [-0.4, -0.2) is 28.2 Å². The molecule has 5 nitrogen and oxygen atoms in total. The molecule has 2 rings (SSSR count). The zero-order chi connectivity index (χ0) is 17.9. The monoisotopic (exact) mass is 365 g/mol. The SMILES string of the molecule is COc1ccc(Cl)cc1NC(=O)[C@H](C)Sc1nc(C)c(C)c(C)n1. The number of ether oxygens (including phenoxy) is 1. The zero-order valence-corrected chi connectivity index (χ0v) is 15.9. The third-order valence-electron chi connectivity index (χ3n) is 3.68. The van der Waals surface area contributed by atoms with Crippen LogP contribution in [0.4, 0.5) is 5.69 Å². The van der Waals surface area contributed by atoms with Gasteiger partial charge in [0.2, 0.25) is 5.91 Å². The van der Waals surface area contributed by atoms with Crippen LogP contribution in [0.25, 0.3) is 0 Å². The zero-order valence-electron chi connectivity index (χ0n) is 14.3. The maximum absolute atomic E-state index is 12.4. The van der Waals surface area contributed by atoms with Gasteiger partial charge >= 0.3 is 0 Å². The molecule has 1 aromatic heterocycles. The van der Waals surface area contributed by atoms with Crippen molar-refractivity contribution in [1.82, 2.24) is 9.97 Å². The lowest BCUT2D eigenvalue weighted by molar-refractivity contribution is -0.115. The number of carbonyl (C=O) groups is 1. The Balaban J connectivity index is 2.12. The Bertz CT molecular complexity index is 744. The number of aryl methyl sites for hydroxylation is 2. The quantitative estimate of drug-likeness (QED) is 0.636. The van der Waals surface area contributed by atoms with Gasteiger partial charge in [-0.25, -0.2) is 9.97 Å². The second kappa shape index (κ2) is 7.85. The third-order valence-corrected chi connectivity index (χ3v) is 4.88. The Morgan fingerprint density at radius 2 is 1.88 bits per heavy atom. The molecule has 0 bridgehead atoms. The van der Waals surface area contributed by atoms with Gasteiger partial charge in [-0.05, 0) is 51.5 Å². The van der Waals surface area contributed by atoms with Crippen LogP contribution < -0.4 is 10.1 Å². The first-order valence-electron chi connectivity index (χ1n) is 7.44. The summed E-state index contributed by atoms with van der Waals surface area (Å²) in [7, 11) is 1.54. The first-order chi connectivity index (χ1) is 11.3. The predicted octanol–water partition coefficient (Wildman–Crippen LogP) is 4.18. The Kier molecular flexibility index (Phi) is 6.07. The van der Waals surface area contributed by atoms with E-state index in [0.29, 0.717) is 21.6 Å². The number of nitrogens with zero attached hydrogens (tertiary/aromatic N) is 2. The van der Waals surface area contributed by atoms with E-state index < -0.39 is 0 Å². The number of halogens is 1. The van der Waals surface area contributed by atoms with Crippen molar-refractivity contribution in [3.8, 4) is 5.75 Å². The number of hydrogen-bond acceptors (Lipinski definition) is 5. The molecule has 0 aliphatic rings. The van der Waals surface area contributed by atoms with E-state index in [-0.39, 0.29) is 11.2 Å². The van der Waals surface area contributed by atoms with Gasteiger partial charge in [0.05, 0.1) is 18.0 Å². The minimum atomic E-state index is -0.366. The molecular formula is C17H20ClN3O2S. The molecule has 0 fully saturated rings. The molecule has 2 aromatic rings. The molecule has 0 saturated carbocycles. The van der Waals surface area contributed by atoms with E-state index in [1.807, 2.05) is 27.7 Å². The Morgan fingerprint density at radius 3 is 2.46 bits per heavy atom. The van der Waals surface area contributed by atoms with Crippen LogP contribution in [0.3, 0.4) is 0 Å². The summed E-state index contributed by atoms with van der Waals surface area (Å²) in [6, 6.07) is 5.08. The topological polar surface area (TPSA) is 64.1 Å². The Labute approximate surface area is 151 Å². The molecule has 1 N–H and O–H groups in total. The molecule has 0 radical (unpaired) electrons. The minimum absolute atomic E-state index is 0.167. The van der Waals surface area contributed by atoms with E-state index in [0.717, 1.165) is 17.0 Å². The second-order valence-electron chi connectivity index (χ2n) is 5.40. The third kappa shape index (κ3) is 4.39. The number of amides is 1. The maximum Gasteiger partial charge on any atom is 0.237 e. The van der Waals surface area contributed by atoms with E-state index in [4.69, 9.17) is 16.3 Å². The van der Waals surface area contributed by atoms with Crippen LogP contribution in [-0.2, 0) is 4.79 Å². The number of anilines is 1. The van der Waals surface area contributed by atoms with Gasteiger partial charge in [-0.15, -0.1) is 0 Å². The van der Waals surface area contributed by atoms with Crippen molar-refractivity contribution in [2.24, 2.45) is 0 Å². The molecule has 0 aliphatic carbocycles. The molecule has 0 aliphatic heterocycles. The smallest absolute Gasteiger partial charge is 0.237 e. The molecule has 0 unspecified atom stereocenters. The van der Waals surface area contributed by atoms with Gasteiger partial charge < -0.3 is 10.1 Å². The van der Waals surface area contributed by atoms with Gasteiger partial charge in [-0.3, -0.25) is 4.79 Å². The average Bonchev–Trinajstić information content (AvgIpc) is 2.52. The Morgan fingerprint density at radius 1 is 1.25 bits per heavy atom. The summed E-state index contributed by atoms with van der Waals surface area (Å²) in [4.78, 5) is 21.3. The molecule has 1 atom stereocenters. The van der Waals surface area contributed by atoms with E-state index in [1.165, 1.54) is 11.8 Å². The maximum atomic E-state index is 12.4. The molecule has 7 heteroatoms. The van der Waals surface area contributed by atoms with Gasteiger partial charge in [0.25, 0.3) is 0 Å². The van der Waals surface area contributed by atoms with E-state index >= 15 is 0 Å². The second-order valence-corrected chi connectivity index (χ2v) is 7.14. The summed E-state index contributed by atoms with van der Waals surface area (Å²) in [5.74, 6) is 0.392. The van der Waals surface area contributed by atoms with Crippen LogP contribution >= 0.6 is 23.4 Å². The largest absolute Gasteiger partial charge is 0.495 e. The highest BCUT2D eigenvalue weighted by atomic mass is 35.5. The lowest BCUT2D eigenvalue weighted by Crippen LogP contribution is -2.23. The number of hydrogen-bond donors (Lipinski definition) is 1. The fourth-order valence-electron chi connectivity index (χ4n) is 2.02. The van der Waals surface area contributed by atoms with Gasteiger partial charge in [0.1, 0.15) is 5.75 Å². The molecular weight excluding hydrogens is 346 g/mol. The lowest BCUT2D eigenvalue weighted by Gasteiger charge is -2.14. The minimum Gasteiger partial charge on any atom is -0.495 e. The molecule has 1 heterocycles. The van der Waals surface area contributed by atoms with Crippen molar-refractivity contribution in [3.63, 3.8) is 0 Å². The van der Waals surface area contributed by atoms with Crippen LogP contribution in [0, 0.1) is 20.8 Å². The number of carbonyl (C=O) groups excluding carboxylic acids is 1. The molecule has 1 aromatic carbocycles. The predicted molar refractivity (Wildman–Crippen MR) is 98.2 cm³/mol. The molecule has 1 amide bonds. The van der Waals surface area contributed by atoms with Crippen molar-refractivity contribution in [2.75, 3.05) is 12.4 Å². The van der Waals surface area contributed by atoms with Crippen molar-refractivity contribution in [1.29, 1.82) is 0 Å². The van der Waals surface area contributed by atoms with Gasteiger partial charge in [0, 0.05) is 16.4 Å². The van der Waals surface area contributed by atoms with Crippen molar-refractivity contribution < 1.29 is 9.53 Å². The van der Waals surface area contributed by atoms with Crippen molar-refractivity contribution in [2.45, 2.75) is 38.1 Å². The number of aromatic nitrogens is 2. The number of methoxy groups -OCH3 is 1. The summed E-state index contributed by atoms with van der Waals surface area (Å²) in [6.07, 6.45) is 0. The molecule has 0 saturated heterocycles. The van der Waals surface area contributed by atoms with E-state index in [9.17, 15) is 4.79 Å². The number of nitrogens with one attached hydrogen (secondary N) is 1. The first kappa shape index (κ1) is 18.5. The van der Waals surface area contributed by atoms with E-state index in [2.05, 4.69) is 15.3 Å². The van der Waals surface area contributed by atoms with Gasteiger partial charge in [-0.1, -0.05) is 23.4 Å². The lowest BCUT2D eigenvalue weighted by atomic mass is 10.2. The summed E-state index contributed by atoms with van der Waals surface area (Å²) in [5.41, 5.74) is 3.46. The summed E-state index contributed by atoms with van der Waals surface area (Å²) < 4.78 is 5.24. The summed E-state index contributed by atoms with van der Waals surface area (Å²) >= 11 is 7.30. The summed E-state index contributed by atoms with van der Waals surface area (Å²) in [5, 5.41) is 3.59. The van der Waals surface area contributed by atoms with Crippen LogP contribution in [0.15, 0.2) is 23.4 Å². The Hall–Kier alpha value is -1.79. The van der Waals surface area contributed by atoms with Gasteiger partial charge in [0.15, 0.2) is 5.16 Å². The summed E-state index contributed by atoms with van der Waals surface area (Å²) in [6.45, 7) is 7.68. The van der Waals surface area contributed by atoms with Crippen molar-refractivity contribution >= 4 is 35.0 Å². The van der Waals surface area contributed by atoms with Crippen molar-refractivity contribution in [3.05, 3.63) is 40.2 Å². The average molecular weight is 366 g/mol. The van der Waals surface area contributed by atoms with E-state index in [1.54, 1.807) is 25.3 Å². The fraction of sp³-hybridized carbons (Fsp3) is 0.353. The number of rotatable bonds is 5. The van der Waals surface area contributed by atoms with Crippen LogP contribution in [0.2, 0.25) is 5.02 Å². The fourth-order valence-corrected chi connectivity index (χ4v) is 3.05. The molecule has 0 spiro atoms. The first-order valence-corrected chi connectivity index (χ1v) is 8.70. The van der Waals surface area contributed by atoms with Crippen LogP contribution in [0.5, 0.6) is 5.75 Å². The molecule has 24 heavy (non-hydrogen) atoms. The molecule has 128 valence electrons. The van der Waals surface area contributed by atoms with Gasteiger partial charge in [-0.2, -0.15) is 0 Å². The highest BCUT2D eigenvalue weighted by Gasteiger charge is 2.18. The highest BCUT2D eigenvalue weighted by Crippen LogP contribution is 2.29. The van der Waals surface area contributed by atoms with Crippen LogP contribution in [0.1, 0.15) is 23.9 Å². The standard InChI is InChI=1S/C17H20ClN3O2S/c1-9-10(2)19-17(20-11(9)3)24-12(4)16(22)21-14-8-13(18)6-7-15(14)23-5/h6-8,12H,1-5H3,(H,21,22)/t12-/m0/s1.